The lowest BCUT2D eigenvalue weighted by molar-refractivity contribution is 0.0557. The fourth-order valence-corrected chi connectivity index (χ4v) is 3.75. The standard InChI is InChI=1S/C15H24O3Si/c1-15(2,18-19(4,5)6)14(16)13-9-7-8-12(10-13)11-17-3/h7-10H,11H2,1-6H3. The second kappa shape index (κ2) is 5.99. The molecule has 1 aromatic rings. The predicted octanol–water partition coefficient (Wildman–Crippen LogP) is 3.65. The quantitative estimate of drug-likeness (QED) is 0.589. The molecule has 106 valence electrons. The highest BCUT2D eigenvalue weighted by molar-refractivity contribution is 6.70. The summed E-state index contributed by atoms with van der Waals surface area (Å²) in [6.45, 7) is 10.5. The van der Waals surface area contributed by atoms with E-state index in [9.17, 15) is 4.79 Å². The third-order valence-corrected chi connectivity index (χ3v) is 3.73. The SMILES string of the molecule is COCc1cccc(C(=O)C(C)(C)O[Si](C)(C)C)c1. The van der Waals surface area contributed by atoms with Crippen molar-refractivity contribution in [2.75, 3.05) is 7.11 Å². The molecule has 0 saturated carbocycles. The normalized spacial score (nSPS) is 12.5. The zero-order valence-corrected chi connectivity index (χ0v) is 13.7. The molecule has 0 amide bonds. The number of hydrogen-bond acceptors (Lipinski definition) is 3. The van der Waals surface area contributed by atoms with Crippen LogP contribution in [0.3, 0.4) is 0 Å². The lowest BCUT2D eigenvalue weighted by atomic mass is 9.96. The van der Waals surface area contributed by atoms with Crippen molar-refractivity contribution in [3.63, 3.8) is 0 Å². The molecule has 0 radical (unpaired) electrons. The summed E-state index contributed by atoms with van der Waals surface area (Å²) >= 11 is 0. The Balaban J connectivity index is 2.96. The Morgan fingerprint density at radius 1 is 1.26 bits per heavy atom. The highest BCUT2D eigenvalue weighted by Gasteiger charge is 2.34. The van der Waals surface area contributed by atoms with E-state index in [1.165, 1.54) is 0 Å². The van der Waals surface area contributed by atoms with Gasteiger partial charge in [-0.15, -0.1) is 0 Å². The topological polar surface area (TPSA) is 35.5 Å². The largest absolute Gasteiger partial charge is 0.405 e. The van der Waals surface area contributed by atoms with E-state index in [2.05, 4.69) is 19.6 Å². The van der Waals surface area contributed by atoms with E-state index in [4.69, 9.17) is 9.16 Å². The predicted molar refractivity (Wildman–Crippen MR) is 80.0 cm³/mol. The van der Waals surface area contributed by atoms with Gasteiger partial charge in [-0.25, -0.2) is 0 Å². The molecule has 0 aliphatic carbocycles. The molecule has 0 spiro atoms. The number of methoxy groups -OCH3 is 1. The molecule has 0 N–H and O–H groups in total. The van der Waals surface area contributed by atoms with Gasteiger partial charge in [0.1, 0.15) is 5.60 Å². The number of carbonyl (C=O) groups excluding carboxylic acids is 1. The fraction of sp³-hybridized carbons (Fsp3) is 0.533. The Kier molecular flexibility index (Phi) is 5.07. The zero-order chi connectivity index (χ0) is 14.7. The monoisotopic (exact) mass is 280 g/mol. The molecule has 1 aromatic carbocycles. The summed E-state index contributed by atoms with van der Waals surface area (Å²) in [5.41, 5.74) is 0.894. The van der Waals surface area contributed by atoms with Crippen LogP contribution in [0.5, 0.6) is 0 Å². The van der Waals surface area contributed by atoms with Gasteiger partial charge in [-0.2, -0.15) is 0 Å². The van der Waals surface area contributed by atoms with Crippen LogP contribution >= 0.6 is 0 Å². The Morgan fingerprint density at radius 2 is 1.89 bits per heavy atom. The minimum atomic E-state index is -1.76. The van der Waals surface area contributed by atoms with Crippen molar-refractivity contribution in [1.82, 2.24) is 0 Å². The maximum absolute atomic E-state index is 12.6. The zero-order valence-electron chi connectivity index (χ0n) is 12.7. The van der Waals surface area contributed by atoms with Crippen LogP contribution in [-0.4, -0.2) is 26.8 Å². The first-order valence-corrected chi connectivity index (χ1v) is 9.89. The third-order valence-electron chi connectivity index (χ3n) is 2.61. The van der Waals surface area contributed by atoms with E-state index >= 15 is 0 Å². The third kappa shape index (κ3) is 4.89. The molecule has 0 aromatic heterocycles. The molecule has 0 aliphatic rings. The van der Waals surface area contributed by atoms with Gasteiger partial charge in [-0.3, -0.25) is 4.79 Å². The van der Waals surface area contributed by atoms with Crippen LogP contribution in [0.1, 0.15) is 29.8 Å². The molecule has 19 heavy (non-hydrogen) atoms. The van der Waals surface area contributed by atoms with E-state index in [0.29, 0.717) is 12.2 Å². The summed E-state index contributed by atoms with van der Waals surface area (Å²) in [7, 11) is -0.117. The first-order chi connectivity index (χ1) is 8.65. The Bertz CT molecular complexity index is 447. The first-order valence-electron chi connectivity index (χ1n) is 6.48. The Morgan fingerprint density at radius 3 is 2.42 bits per heavy atom. The van der Waals surface area contributed by atoms with E-state index in [1.54, 1.807) is 7.11 Å². The van der Waals surface area contributed by atoms with Gasteiger partial charge in [0.25, 0.3) is 0 Å². The van der Waals surface area contributed by atoms with Gasteiger partial charge in [0.05, 0.1) is 6.61 Å². The highest BCUT2D eigenvalue weighted by atomic mass is 28.4. The van der Waals surface area contributed by atoms with Crippen LogP contribution in [-0.2, 0) is 15.8 Å². The average molecular weight is 280 g/mol. The van der Waals surface area contributed by atoms with E-state index < -0.39 is 13.9 Å². The molecule has 4 heteroatoms. The molecule has 0 aliphatic heterocycles. The van der Waals surface area contributed by atoms with Crippen molar-refractivity contribution in [2.24, 2.45) is 0 Å². The second-order valence-electron chi connectivity index (χ2n) is 6.19. The molecular weight excluding hydrogens is 256 g/mol. The number of ketones is 1. The van der Waals surface area contributed by atoms with Gasteiger partial charge in [-0.05, 0) is 45.1 Å². The summed E-state index contributed by atoms with van der Waals surface area (Å²) in [4.78, 5) is 12.6. The number of carbonyl (C=O) groups is 1. The summed E-state index contributed by atoms with van der Waals surface area (Å²) in [6.07, 6.45) is 0. The molecule has 0 unspecified atom stereocenters. The molecule has 0 fully saturated rings. The minimum absolute atomic E-state index is 0.0212. The minimum Gasteiger partial charge on any atom is -0.405 e. The van der Waals surface area contributed by atoms with E-state index in [1.807, 2.05) is 38.1 Å². The molecule has 0 atom stereocenters. The average Bonchev–Trinajstić information content (AvgIpc) is 2.25. The van der Waals surface area contributed by atoms with Crippen LogP contribution < -0.4 is 0 Å². The van der Waals surface area contributed by atoms with Crippen LogP contribution in [0.4, 0.5) is 0 Å². The van der Waals surface area contributed by atoms with Crippen LogP contribution in [0.25, 0.3) is 0 Å². The summed E-state index contributed by atoms with van der Waals surface area (Å²) in [6, 6.07) is 7.54. The lowest BCUT2D eigenvalue weighted by Crippen LogP contribution is -2.44. The smallest absolute Gasteiger partial charge is 0.192 e. The van der Waals surface area contributed by atoms with Crippen molar-refractivity contribution in [1.29, 1.82) is 0 Å². The lowest BCUT2D eigenvalue weighted by Gasteiger charge is -2.31. The van der Waals surface area contributed by atoms with Gasteiger partial charge in [0.15, 0.2) is 14.1 Å². The van der Waals surface area contributed by atoms with E-state index in [-0.39, 0.29) is 5.78 Å². The molecule has 0 heterocycles. The van der Waals surface area contributed by atoms with Gasteiger partial charge in [-0.1, -0.05) is 18.2 Å². The number of hydrogen-bond donors (Lipinski definition) is 0. The maximum atomic E-state index is 12.6. The molecule has 0 bridgehead atoms. The molecular formula is C15H24O3Si. The second-order valence-corrected chi connectivity index (χ2v) is 10.6. The van der Waals surface area contributed by atoms with Gasteiger partial charge in [0, 0.05) is 12.7 Å². The van der Waals surface area contributed by atoms with Crippen molar-refractivity contribution in [3.8, 4) is 0 Å². The van der Waals surface area contributed by atoms with Crippen LogP contribution in [0.15, 0.2) is 24.3 Å². The number of benzene rings is 1. The number of Topliss-reactive ketones (excluding diaryl/α,β-unsaturated/α-hetero) is 1. The summed E-state index contributed by atoms with van der Waals surface area (Å²) in [5.74, 6) is 0.0212. The van der Waals surface area contributed by atoms with Crippen molar-refractivity contribution >= 4 is 14.1 Å². The van der Waals surface area contributed by atoms with Crippen molar-refractivity contribution in [2.45, 2.75) is 45.7 Å². The highest BCUT2D eigenvalue weighted by Crippen LogP contribution is 2.22. The van der Waals surface area contributed by atoms with Crippen LogP contribution in [0.2, 0.25) is 19.6 Å². The molecule has 1 rings (SSSR count). The number of ether oxygens (including phenoxy) is 1. The van der Waals surface area contributed by atoms with Gasteiger partial charge in [0.2, 0.25) is 0 Å². The Hall–Kier alpha value is -0.973. The van der Waals surface area contributed by atoms with Crippen LogP contribution in [0, 0.1) is 0 Å². The van der Waals surface area contributed by atoms with Gasteiger partial charge < -0.3 is 9.16 Å². The fourth-order valence-electron chi connectivity index (χ4n) is 2.13. The summed E-state index contributed by atoms with van der Waals surface area (Å²) < 4.78 is 11.1. The van der Waals surface area contributed by atoms with Crippen molar-refractivity contribution in [3.05, 3.63) is 35.4 Å². The molecule has 0 saturated heterocycles. The maximum Gasteiger partial charge on any atom is 0.192 e. The van der Waals surface area contributed by atoms with Gasteiger partial charge >= 0.3 is 0 Å². The van der Waals surface area contributed by atoms with E-state index in [0.717, 1.165) is 5.56 Å². The summed E-state index contributed by atoms with van der Waals surface area (Å²) in [5, 5.41) is 0. The molecule has 3 nitrogen and oxygen atoms in total. The Labute approximate surface area is 117 Å². The number of rotatable bonds is 6. The van der Waals surface area contributed by atoms with Crippen molar-refractivity contribution < 1.29 is 14.0 Å². The first kappa shape index (κ1) is 16.1.